The maximum Gasteiger partial charge on any atom is -0.0182 e. The molecular formula is C14H28. The zero-order valence-corrected chi connectivity index (χ0v) is 11.0. The molecule has 0 radical (unpaired) electrons. The molecule has 0 aliphatic carbocycles. The van der Waals surface area contributed by atoms with Crippen molar-refractivity contribution in [2.45, 2.75) is 60.8 Å². The summed E-state index contributed by atoms with van der Waals surface area (Å²) in [6.07, 6.45) is 5.84. The Labute approximate surface area is 90.8 Å². The van der Waals surface area contributed by atoms with Gasteiger partial charge in [-0.3, -0.25) is 0 Å². The highest BCUT2D eigenvalue weighted by atomic mass is 14.5. The van der Waals surface area contributed by atoms with Crippen LogP contribution in [-0.2, 0) is 0 Å². The predicted octanol–water partition coefficient (Wildman–Crippen LogP) is 5.05. The van der Waals surface area contributed by atoms with Gasteiger partial charge < -0.3 is 0 Å². The fraction of sp³-hybridized carbons (Fsp3) is 0.857. The van der Waals surface area contributed by atoms with Crippen LogP contribution in [-0.4, -0.2) is 0 Å². The summed E-state index contributed by atoms with van der Waals surface area (Å²) >= 11 is 0. The van der Waals surface area contributed by atoms with Crippen LogP contribution in [0.1, 0.15) is 60.8 Å². The molecule has 1 atom stereocenters. The van der Waals surface area contributed by atoms with Gasteiger partial charge in [0.25, 0.3) is 0 Å². The molecule has 0 aliphatic rings. The van der Waals surface area contributed by atoms with E-state index >= 15 is 0 Å². The van der Waals surface area contributed by atoms with Gasteiger partial charge in [-0.2, -0.15) is 0 Å². The largest absolute Gasteiger partial charge is 0.103 e. The third-order valence-corrected chi connectivity index (χ3v) is 4.77. The van der Waals surface area contributed by atoms with Gasteiger partial charge in [0.05, 0.1) is 0 Å². The van der Waals surface area contributed by atoms with Crippen molar-refractivity contribution < 1.29 is 0 Å². The molecule has 0 bridgehead atoms. The highest BCUT2D eigenvalue weighted by molar-refractivity contribution is 4.98. The molecule has 0 spiro atoms. The van der Waals surface area contributed by atoms with Crippen LogP contribution < -0.4 is 0 Å². The molecule has 0 aromatic carbocycles. The predicted molar refractivity (Wildman–Crippen MR) is 66.4 cm³/mol. The van der Waals surface area contributed by atoms with E-state index in [1.165, 1.54) is 19.3 Å². The van der Waals surface area contributed by atoms with Crippen LogP contribution in [0, 0.1) is 16.7 Å². The van der Waals surface area contributed by atoms with Crippen molar-refractivity contribution in [1.29, 1.82) is 0 Å². The normalized spacial score (nSPS) is 15.3. The first kappa shape index (κ1) is 13.7. The molecule has 1 unspecified atom stereocenters. The average Bonchev–Trinajstić information content (AvgIpc) is 2.17. The number of rotatable bonds is 6. The van der Waals surface area contributed by atoms with Crippen molar-refractivity contribution in [2.75, 3.05) is 0 Å². The maximum atomic E-state index is 3.98. The van der Waals surface area contributed by atoms with Crippen LogP contribution in [0.2, 0.25) is 0 Å². The van der Waals surface area contributed by atoms with Crippen LogP contribution in [0.25, 0.3) is 0 Å². The Morgan fingerprint density at radius 3 is 1.71 bits per heavy atom. The fourth-order valence-electron chi connectivity index (χ4n) is 2.58. The van der Waals surface area contributed by atoms with E-state index in [-0.39, 0.29) is 0 Å². The van der Waals surface area contributed by atoms with Gasteiger partial charge in [-0.05, 0) is 23.2 Å². The van der Waals surface area contributed by atoms with Gasteiger partial charge in [0.1, 0.15) is 0 Å². The van der Waals surface area contributed by atoms with E-state index in [2.05, 4.69) is 54.2 Å². The molecule has 0 heteroatoms. The van der Waals surface area contributed by atoms with Crippen molar-refractivity contribution in [1.82, 2.24) is 0 Å². The third-order valence-electron chi connectivity index (χ3n) is 4.77. The topological polar surface area (TPSA) is 0 Å². The fourth-order valence-corrected chi connectivity index (χ4v) is 2.58. The van der Waals surface area contributed by atoms with E-state index in [1.54, 1.807) is 0 Å². The summed E-state index contributed by atoms with van der Waals surface area (Å²) in [6, 6.07) is 0. The molecule has 0 N–H and O–H groups in total. The summed E-state index contributed by atoms with van der Waals surface area (Å²) in [6.45, 7) is 18.1. The van der Waals surface area contributed by atoms with Crippen LogP contribution in [0.3, 0.4) is 0 Å². The molecule has 0 heterocycles. The van der Waals surface area contributed by atoms with Crippen LogP contribution in [0.5, 0.6) is 0 Å². The average molecular weight is 196 g/mol. The monoisotopic (exact) mass is 196 g/mol. The second-order valence-corrected chi connectivity index (χ2v) is 5.24. The van der Waals surface area contributed by atoms with E-state index in [0.717, 1.165) is 0 Å². The Bertz CT molecular complexity index is 172. The third kappa shape index (κ3) is 2.21. The molecule has 0 fully saturated rings. The standard InChI is InChI=1S/C14H28/c1-8-12(9-2)13(5,6)14(7,10-3)11-4/h8,12H,1,9-11H2,2-7H3. The van der Waals surface area contributed by atoms with Gasteiger partial charge in [-0.25, -0.2) is 0 Å². The van der Waals surface area contributed by atoms with E-state index in [9.17, 15) is 0 Å². The lowest BCUT2D eigenvalue weighted by Crippen LogP contribution is -2.39. The molecule has 0 rings (SSSR count). The molecule has 84 valence electrons. The quantitative estimate of drug-likeness (QED) is 0.521. The zero-order chi connectivity index (χ0) is 11.4. The molecule has 0 aromatic heterocycles. The van der Waals surface area contributed by atoms with Gasteiger partial charge in [0.2, 0.25) is 0 Å². The molecule has 0 aromatic rings. The van der Waals surface area contributed by atoms with Gasteiger partial charge in [-0.1, -0.05) is 60.5 Å². The van der Waals surface area contributed by atoms with Crippen LogP contribution in [0.4, 0.5) is 0 Å². The molecule has 0 nitrogen and oxygen atoms in total. The van der Waals surface area contributed by atoms with E-state index in [4.69, 9.17) is 0 Å². The van der Waals surface area contributed by atoms with Crippen molar-refractivity contribution in [3.8, 4) is 0 Å². The minimum absolute atomic E-state index is 0.354. The highest BCUT2D eigenvalue weighted by Gasteiger charge is 2.41. The van der Waals surface area contributed by atoms with Crippen molar-refractivity contribution >= 4 is 0 Å². The Balaban J connectivity index is 4.97. The molecule has 0 amide bonds. The summed E-state index contributed by atoms with van der Waals surface area (Å²) in [5.74, 6) is 0.632. The summed E-state index contributed by atoms with van der Waals surface area (Å²) in [5, 5.41) is 0. The van der Waals surface area contributed by atoms with E-state index < -0.39 is 0 Å². The zero-order valence-electron chi connectivity index (χ0n) is 11.0. The van der Waals surface area contributed by atoms with Crippen LogP contribution in [0.15, 0.2) is 12.7 Å². The first-order valence-electron chi connectivity index (χ1n) is 6.02. The molecule has 0 aliphatic heterocycles. The Kier molecular flexibility index (Phi) is 4.91. The van der Waals surface area contributed by atoms with Gasteiger partial charge in [-0.15, -0.1) is 6.58 Å². The van der Waals surface area contributed by atoms with Crippen LogP contribution >= 0.6 is 0 Å². The number of hydrogen-bond acceptors (Lipinski definition) is 0. The first-order chi connectivity index (χ1) is 6.39. The van der Waals surface area contributed by atoms with Crippen molar-refractivity contribution in [2.24, 2.45) is 16.7 Å². The summed E-state index contributed by atoms with van der Waals surface area (Å²) < 4.78 is 0. The highest BCUT2D eigenvalue weighted by Crippen LogP contribution is 2.50. The Morgan fingerprint density at radius 1 is 1.07 bits per heavy atom. The smallest absolute Gasteiger partial charge is 0.0182 e. The summed E-state index contributed by atoms with van der Waals surface area (Å²) in [4.78, 5) is 0. The second-order valence-electron chi connectivity index (χ2n) is 5.24. The van der Waals surface area contributed by atoms with Crippen molar-refractivity contribution in [3.63, 3.8) is 0 Å². The lowest BCUT2D eigenvalue weighted by atomic mass is 9.57. The molecule has 0 saturated heterocycles. The second kappa shape index (κ2) is 5.00. The Morgan fingerprint density at radius 2 is 1.50 bits per heavy atom. The Hall–Kier alpha value is -0.260. The first-order valence-corrected chi connectivity index (χ1v) is 6.02. The molecule has 14 heavy (non-hydrogen) atoms. The van der Waals surface area contributed by atoms with Crippen molar-refractivity contribution in [3.05, 3.63) is 12.7 Å². The SMILES string of the molecule is C=CC(CC)C(C)(C)C(C)(CC)CC. The van der Waals surface area contributed by atoms with Gasteiger partial charge in [0.15, 0.2) is 0 Å². The number of hydrogen-bond donors (Lipinski definition) is 0. The van der Waals surface area contributed by atoms with Gasteiger partial charge in [0, 0.05) is 0 Å². The summed E-state index contributed by atoms with van der Waals surface area (Å²) in [5.41, 5.74) is 0.787. The lowest BCUT2D eigenvalue weighted by molar-refractivity contribution is 0.0337. The van der Waals surface area contributed by atoms with E-state index in [1.807, 2.05) is 0 Å². The van der Waals surface area contributed by atoms with Gasteiger partial charge >= 0.3 is 0 Å². The molecular weight excluding hydrogens is 168 g/mol. The number of allylic oxidation sites excluding steroid dienone is 1. The lowest BCUT2D eigenvalue weighted by Gasteiger charge is -2.48. The van der Waals surface area contributed by atoms with E-state index in [0.29, 0.717) is 16.7 Å². The maximum absolute atomic E-state index is 3.98. The summed E-state index contributed by atoms with van der Waals surface area (Å²) in [7, 11) is 0. The molecule has 0 saturated carbocycles. The minimum Gasteiger partial charge on any atom is -0.103 e. The minimum atomic E-state index is 0.354.